The normalized spacial score (nSPS) is 20.1. The number of aryl methyl sites for hydroxylation is 1. The van der Waals surface area contributed by atoms with E-state index in [1.54, 1.807) is 11.3 Å². The zero-order valence-electron chi connectivity index (χ0n) is 18.3. The molecule has 0 unspecified atom stereocenters. The summed E-state index contributed by atoms with van der Waals surface area (Å²) in [4.78, 5) is 18.1. The largest absolute Gasteiger partial charge is 0.413 e. The zero-order chi connectivity index (χ0) is 21.2. The lowest BCUT2D eigenvalue weighted by Crippen LogP contribution is -2.44. The number of nitrogens with zero attached hydrogens (tertiary/aromatic N) is 1. The predicted octanol–water partition coefficient (Wildman–Crippen LogP) is 4.49. The Hall–Kier alpha value is -1.54. The summed E-state index contributed by atoms with van der Waals surface area (Å²) in [7, 11) is -1.81. The van der Waals surface area contributed by atoms with E-state index in [9.17, 15) is 4.79 Å². The van der Waals surface area contributed by atoms with Gasteiger partial charge >= 0.3 is 0 Å². The van der Waals surface area contributed by atoms with Crippen LogP contribution in [0.4, 0.5) is 0 Å². The van der Waals surface area contributed by atoms with Crippen molar-refractivity contribution in [3.63, 3.8) is 0 Å². The van der Waals surface area contributed by atoms with Crippen LogP contribution < -0.4 is 10.6 Å². The van der Waals surface area contributed by atoms with E-state index in [1.165, 1.54) is 10.4 Å². The van der Waals surface area contributed by atoms with Crippen LogP contribution in [0.3, 0.4) is 0 Å². The van der Waals surface area contributed by atoms with E-state index in [4.69, 9.17) is 4.43 Å². The van der Waals surface area contributed by atoms with Gasteiger partial charge < -0.3 is 15.1 Å². The van der Waals surface area contributed by atoms with Crippen molar-refractivity contribution in [1.29, 1.82) is 0 Å². The minimum absolute atomic E-state index is 0.0497. The van der Waals surface area contributed by atoms with Crippen molar-refractivity contribution >= 4 is 25.6 Å². The molecule has 2 aromatic rings. The van der Waals surface area contributed by atoms with Gasteiger partial charge in [0.1, 0.15) is 0 Å². The lowest BCUT2D eigenvalue weighted by atomic mass is 10.1. The van der Waals surface area contributed by atoms with Gasteiger partial charge in [0.25, 0.3) is 0 Å². The lowest BCUT2D eigenvalue weighted by molar-refractivity contribution is -0.123. The summed E-state index contributed by atoms with van der Waals surface area (Å²) in [5, 5.41) is 6.57. The van der Waals surface area contributed by atoms with Crippen LogP contribution >= 0.6 is 11.3 Å². The second kappa shape index (κ2) is 8.68. The molecular weight excluding hydrogens is 398 g/mol. The summed E-state index contributed by atoms with van der Waals surface area (Å²) in [6, 6.07) is 8.15. The van der Waals surface area contributed by atoms with Crippen molar-refractivity contribution in [3.8, 4) is 10.4 Å². The van der Waals surface area contributed by atoms with Gasteiger partial charge in [-0.05, 0) is 42.6 Å². The van der Waals surface area contributed by atoms with E-state index < -0.39 is 8.32 Å². The molecule has 0 radical (unpaired) electrons. The molecule has 1 fully saturated rings. The van der Waals surface area contributed by atoms with Crippen LogP contribution in [0.1, 0.15) is 38.4 Å². The van der Waals surface area contributed by atoms with Crippen LogP contribution in [0.25, 0.3) is 10.4 Å². The smallest absolute Gasteiger partial charge is 0.237 e. The van der Waals surface area contributed by atoms with Crippen LogP contribution in [0.2, 0.25) is 18.1 Å². The Labute approximate surface area is 179 Å². The Morgan fingerprint density at radius 1 is 1.31 bits per heavy atom. The first-order chi connectivity index (χ1) is 13.6. The number of aromatic nitrogens is 1. The molecule has 1 saturated heterocycles. The van der Waals surface area contributed by atoms with Crippen molar-refractivity contribution in [2.45, 2.75) is 70.9 Å². The SMILES string of the molecule is Cc1ncsc1-c1ccc(CNC(=O)[C@@H]2C[C@@H](O[Si](C)(C)C(C)(C)C)CN2)cc1. The molecule has 3 rings (SSSR count). The Morgan fingerprint density at radius 2 is 2.00 bits per heavy atom. The van der Waals surface area contributed by atoms with Gasteiger partial charge in [-0.25, -0.2) is 4.98 Å². The molecule has 1 aliphatic rings. The first-order valence-corrected chi connectivity index (χ1v) is 14.0. The number of thiazole rings is 1. The fraction of sp³-hybridized carbons (Fsp3) is 0.545. The van der Waals surface area contributed by atoms with Gasteiger partial charge in [0.05, 0.1) is 28.2 Å². The summed E-state index contributed by atoms with van der Waals surface area (Å²) in [6.07, 6.45) is 0.857. The molecular formula is C22H33N3O2SSi. The number of benzene rings is 1. The molecule has 2 atom stereocenters. The molecule has 0 bridgehead atoms. The maximum absolute atomic E-state index is 12.6. The van der Waals surface area contributed by atoms with Gasteiger partial charge in [-0.1, -0.05) is 45.0 Å². The number of hydrogen-bond donors (Lipinski definition) is 2. The highest BCUT2D eigenvalue weighted by molar-refractivity contribution is 7.13. The van der Waals surface area contributed by atoms with Crippen molar-refractivity contribution in [1.82, 2.24) is 15.6 Å². The summed E-state index contributed by atoms with van der Waals surface area (Å²) < 4.78 is 6.46. The first kappa shape index (κ1) is 22.1. The highest BCUT2D eigenvalue weighted by atomic mass is 32.1. The summed E-state index contributed by atoms with van der Waals surface area (Å²) in [5.74, 6) is 0.0497. The highest BCUT2D eigenvalue weighted by Gasteiger charge is 2.41. The van der Waals surface area contributed by atoms with Crippen molar-refractivity contribution < 1.29 is 9.22 Å². The Morgan fingerprint density at radius 3 is 2.59 bits per heavy atom. The molecule has 0 aliphatic carbocycles. The van der Waals surface area contributed by atoms with Crippen LogP contribution in [0, 0.1) is 6.92 Å². The molecule has 1 aliphatic heterocycles. The molecule has 2 N–H and O–H groups in total. The number of rotatable bonds is 6. The van der Waals surface area contributed by atoms with Gasteiger partial charge in [0.15, 0.2) is 8.32 Å². The van der Waals surface area contributed by atoms with E-state index in [1.807, 2.05) is 12.4 Å². The molecule has 158 valence electrons. The van der Waals surface area contributed by atoms with E-state index >= 15 is 0 Å². The van der Waals surface area contributed by atoms with Gasteiger partial charge in [-0.15, -0.1) is 11.3 Å². The average Bonchev–Trinajstić information content (AvgIpc) is 3.28. The zero-order valence-corrected chi connectivity index (χ0v) is 20.2. The lowest BCUT2D eigenvalue weighted by Gasteiger charge is -2.38. The van der Waals surface area contributed by atoms with E-state index in [0.29, 0.717) is 6.54 Å². The third-order valence-corrected chi connectivity index (χ3v) is 11.6. The van der Waals surface area contributed by atoms with Crippen molar-refractivity contribution in [3.05, 3.63) is 41.0 Å². The molecule has 0 saturated carbocycles. The van der Waals surface area contributed by atoms with Gasteiger partial charge in [-0.2, -0.15) is 0 Å². The Bertz CT molecular complexity index is 842. The minimum Gasteiger partial charge on any atom is -0.413 e. The third kappa shape index (κ3) is 5.34. The van der Waals surface area contributed by atoms with Gasteiger partial charge in [0.2, 0.25) is 5.91 Å². The second-order valence-electron chi connectivity index (χ2n) is 9.38. The number of carbonyl (C=O) groups is 1. The topological polar surface area (TPSA) is 63.2 Å². The van der Waals surface area contributed by atoms with Crippen LogP contribution in [0.5, 0.6) is 0 Å². The van der Waals surface area contributed by atoms with E-state index in [2.05, 4.69) is 73.7 Å². The van der Waals surface area contributed by atoms with E-state index in [0.717, 1.165) is 24.2 Å². The second-order valence-corrected chi connectivity index (χ2v) is 15.0. The molecule has 1 amide bonds. The van der Waals surface area contributed by atoms with Crippen LogP contribution in [-0.2, 0) is 15.8 Å². The summed E-state index contributed by atoms with van der Waals surface area (Å²) in [6.45, 7) is 14.6. The van der Waals surface area contributed by atoms with Crippen LogP contribution in [-0.4, -0.2) is 37.9 Å². The molecule has 1 aromatic heterocycles. The van der Waals surface area contributed by atoms with Gasteiger partial charge in [0, 0.05) is 13.1 Å². The van der Waals surface area contributed by atoms with E-state index in [-0.39, 0.29) is 23.1 Å². The molecule has 7 heteroatoms. The molecule has 1 aromatic carbocycles. The standard InChI is InChI=1S/C22H33N3O2SSi/c1-15-20(28-14-25-15)17-9-7-16(8-10-17)12-24-21(26)19-11-18(13-23-19)27-29(5,6)22(2,3)4/h7-10,14,18-19,23H,11-13H2,1-6H3,(H,24,26)/t18-,19+/m1/s1. The Kier molecular flexibility index (Phi) is 6.63. The number of hydrogen-bond acceptors (Lipinski definition) is 5. The average molecular weight is 432 g/mol. The van der Waals surface area contributed by atoms with Crippen molar-refractivity contribution in [2.75, 3.05) is 6.54 Å². The third-order valence-electron chi connectivity index (χ3n) is 6.10. The van der Waals surface area contributed by atoms with Crippen LogP contribution in [0.15, 0.2) is 29.8 Å². The number of amides is 1. The quantitative estimate of drug-likeness (QED) is 0.662. The maximum atomic E-state index is 12.6. The minimum atomic E-state index is -1.81. The molecule has 5 nitrogen and oxygen atoms in total. The Balaban J connectivity index is 1.49. The summed E-state index contributed by atoms with van der Waals surface area (Å²) in [5.41, 5.74) is 5.19. The highest BCUT2D eigenvalue weighted by Crippen LogP contribution is 2.38. The predicted molar refractivity (Wildman–Crippen MR) is 123 cm³/mol. The molecule has 2 heterocycles. The van der Waals surface area contributed by atoms with Crippen molar-refractivity contribution in [2.24, 2.45) is 0 Å². The number of nitrogens with one attached hydrogen (secondary N) is 2. The fourth-order valence-corrected chi connectivity index (χ4v) is 5.43. The summed E-state index contributed by atoms with van der Waals surface area (Å²) >= 11 is 1.65. The number of carbonyl (C=O) groups excluding carboxylic acids is 1. The monoisotopic (exact) mass is 431 g/mol. The fourth-order valence-electron chi connectivity index (χ4n) is 3.25. The molecule has 0 spiro atoms. The maximum Gasteiger partial charge on any atom is 0.237 e. The molecule has 29 heavy (non-hydrogen) atoms. The first-order valence-electron chi connectivity index (χ1n) is 10.2. The van der Waals surface area contributed by atoms with Gasteiger partial charge in [-0.3, -0.25) is 4.79 Å².